The van der Waals surface area contributed by atoms with Crippen molar-refractivity contribution in [2.75, 3.05) is 0 Å². The Kier molecular flexibility index (Phi) is 8.74. The van der Waals surface area contributed by atoms with Gasteiger partial charge in [0.25, 0.3) is 0 Å². The third-order valence-electron chi connectivity index (χ3n) is 0.458. The number of nitrogens with zero attached hydrogens (tertiary/aromatic N) is 1. The van der Waals surface area contributed by atoms with E-state index in [1.807, 2.05) is 6.92 Å². The maximum absolute atomic E-state index is 3.59. The number of hydrogen-bond donors (Lipinski definition) is 0. The van der Waals surface area contributed by atoms with E-state index in [4.69, 9.17) is 0 Å². The minimum atomic E-state index is 0. The van der Waals surface area contributed by atoms with Gasteiger partial charge >= 0.3 is 0 Å². The maximum Gasteiger partial charge on any atom is 0 e. The van der Waals surface area contributed by atoms with Crippen molar-refractivity contribution in [3.63, 3.8) is 0 Å². The van der Waals surface area contributed by atoms with Crippen molar-refractivity contribution in [1.29, 1.82) is 0 Å². The minimum absolute atomic E-state index is 0. The zero-order valence-corrected chi connectivity index (χ0v) is 8.12. The van der Waals surface area contributed by atoms with E-state index in [-0.39, 0.29) is 39.0 Å². The molecule has 0 spiro atoms. The van der Waals surface area contributed by atoms with Crippen LogP contribution in [0.3, 0.4) is 0 Å². The van der Waals surface area contributed by atoms with Crippen molar-refractivity contribution in [3.05, 3.63) is 16.6 Å². The van der Waals surface area contributed by atoms with Gasteiger partial charge in [-0.3, -0.25) is 0 Å². The molecule has 0 saturated heterocycles. The van der Waals surface area contributed by atoms with Crippen LogP contribution in [0.5, 0.6) is 0 Å². The van der Waals surface area contributed by atoms with E-state index in [0.29, 0.717) is 0 Å². The molecule has 0 fully saturated rings. The van der Waals surface area contributed by atoms with Crippen LogP contribution >= 0.6 is 11.3 Å². The summed E-state index contributed by atoms with van der Waals surface area (Å²) < 4.78 is 0. The van der Waals surface area contributed by atoms with Gasteiger partial charge in [0.05, 0.1) is 0 Å². The molecule has 0 aromatic carbocycles. The topological polar surface area (TPSA) is 12.9 Å². The molecule has 0 N–H and O–H groups in total. The molecule has 1 rings (SSSR count). The van der Waals surface area contributed by atoms with Crippen molar-refractivity contribution in [3.8, 4) is 0 Å². The van der Waals surface area contributed by atoms with Gasteiger partial charge in [-0.05, 0) is 0 Å². The molecule has 1 heterocycles. The molecule has 0 aliphatic carbocycles. The molecule has 50 valence electrons. The Morgan fingerprint density at radius 3 is 2.25 bits per heavy atom. The summed E-state index contributed by atoms with van der Waals surface area (Å²) in [6.45, 7) is 1.95. The average Bonchev–Trinajstić information content (AvgIpc) is 1.86. The van der Waals surface area contributed by atoms with Crippen LogP contribution in [0.2, 0.25) is 0 Å². The third-order valence-corrected chi connectivity index (χ3v) is 1.04. The Balaban J connectivity index is 0. The monoisotopic (exact) mass is 303 g/mol. The molecule has 1 nitrogen and oxygen atoms in total. The van der Waals surface area contributed by atoms with E-state index in [0.717, 1.165) is 4.88 Å². The van der Waals surface area contributed by atoms with E-state index in [9.17, 15) is 0 Å². The van der Waals surface area contributed by atoms with E-state index < -0.39 is 0 Å². The zero-order valence-electron chi connectivity index (χ0n) is 4.02. The molecule has 0 aliphatic rings. The van der Waals surface area contributed by atoms with Crippen LogP contribution in [0.1, 0.15) is 4.88 Å². The molecular weight excluding hydrogens is 300 g/mol. The second-order valence-electron chi connectivity index (χ2n) is 0.973. The summed E-state index contributed by atoms with van der Waals surface area (Å²) in [5, 5.41) is 0. The molecule has 0 aliphatic heterocycles. The van der Waals surface area contributed by atoms with Crippen molar-refractivity contribution >= 4 is 11.3 Å². The Labute approximate surface area is 78.4 Å². The van der Waals surface area contributed by atoms with Gasteiger partial charge in [-0.25, -0.2) is 4.88 Å². The Morgan fingerprint density at radius 1 is 1.50 bits per heavy atom. The summed E-state index contributed by atoms with van der Waals surface area (Å²) in [5.41, 5.74) is 2.67. The Morgan fingerprint density at radius 2 is 2.12 bits per heavy atom. The Hall–Kier alpha value is 0.877. The fraction of sp³-hybridized carbons (Fsp3) is 0.250. The normalized spacial score (nSPS) is 6.62. The zero-order chi connectivity index (χ0) is 4.41. The summed E-state index contributed by atoms with van der Waals surface area (Å²) in [6.07, 6.45) is 2.71. The van der Waals surface area contributed by atoms with Crippen LogP contribution in [0.4, 0.5) is 0 Å². The van der Waals surface area contributed by atoms with E-state index in [2.05, 4.69) is 16.7 Å². The first-order chi connectivity index (χ1) is 2.89. The van der Waals surface area contributed by atoms with Gasteiger partial charge in [-0.2, -0.15) is 0 Å². The molecule has 0 unspecified atom stereocenters. The minimum Gasteiger partial charge on any atom is -0.665 e. The van der Waals surface area contributed by atoms with Crippen LogP contribution < -0.4 is 0 Å². The number of hydrogen-bond acceptors (Lipinski definition) is 2. The van der Waals surface area contributed by atoms with Gasteiger partial charge in [0.1, 0.15) is 0 Å². The first-order valence-electron chi connectivity index (χ1n) is 1.61. The summed E-state index contributed by atoms with van der Waals surface area (Å²) in [4.78, 5) is 4.68. The van der Waals surface area contributed by atoms with Gasteiger partial charge < -0.3 is 28.0 Å². The molecule has 0 saturated carbocycles. The smallest absolute Gasteiger partial charge is 0 e. The fourth-order valence-electron chi connectivity index (χ4n) is 0.216. The Bertz CT molecular complexity index is 118. The molecule has 1 aromatic rings. The van der Waals surface area contributed by atoms with Crippen LogP contribution in [0.25, 0.3) is 0 Å². The van der Waals surface area contributed by atoms with Gasteiger partial charge in [0.2, 0.25) is 0 Å². The fourth-order valence-corrected chi connectivity index (χ4v) is 0.535. The largest absolute Gasteiger partial charge is 0.665 e. The molecule has 0 amide bonds. The summed E-state index contributed by atoms with van der Waals surface area (Å²) in [5.74, 6) is 0. The van der Waals surface area contributed by atoms with Crippen molar-refractivity contribution in [2.45, 2.75) is 6.92 Å². The van der Waals surface area contributed by atoms with Crippen LogP contribution in [0, 0.1) is 18.6 Å². The quantitative estimate of drug-likeness (QED) is 0.516. The van der Waals surface area contributed by atoms with E-state index >= 15 is 0 Å². The molecular formula is C4H3NRh2S-2. The standard InChI is InChI=1S/C4H3NS.2Rh/c1-4-2-5-3-6-4;;/h1H3;;/q-2;;. The van der Waals surface area contributed by atoms with Gasteiger partial charge in [-0.15, -0.1) is 0 Å². The molecule has 2 radical (unpaired) electrons. The predicted octanol–water partition coefficient (Wildman–Crippen LogP) is 1.05. The summed E-state index contributed by atoms with van der Waals surface area (Å²) >= 11 is 1.49. The molecule has 8 heavy (non-hydrogen) atoms. The van der Waals surface area contributed by atoms with E-state index in [1.54, 1.807) is 0 Å². The van der Waals surface area contributed by atoms with Crippen LogP contribution in [-0.4, -0.2) is 4.98 Å². The first kappa shape index (κ1) is 11.6. The average molecular weight is 303 g/mol. The maximum atomic E-state index is 3.59. The second-order valence-corrected chi connectivity index (χ2v) is 1.97. The number of thiazole rings is 1. The molecule has 0 atom stereocenters. The number of aromatic nitrogens is 1. The summed E-state index contributed by atoms with van der Waals surface area (Å²) in [6, 6.07) is 0. The van der Waals surface area contributed by atoms with Crippen LogP contribution in [0.15, 0.2) is 0 Å². The van der Waals surface area contributed by atoms with Crippen molar-refractivity contribution < 1.29 is 39.0 Å². The first-order valence-corrected chi connectivity index (χ1v) is 2.42. The third kappa shape index (κ3) is 3.83. The second kappa shape index (κ2) is 6.00. The SMILES string of the molecule is Cc1[c-]n[c-]s1.[Rh].[Rh]. The molecule has 1 aromatic heterocycles. The van der Waals surface area contributed by atoms with Crippen LogP contribution in [-0.2, 0) is 39.0 Å². The van der Waals surface area contributed by atoms with Gasteiger partial charge in [-0.1, -0.05) is 6.92 Å². The van der Waals surface area contributed by atoms with Crippen molar-refractivity contribution in [1.82, 2.24) is 4.98 Å². The summed E-state index contributed by atoms with van der Waals surface area (Å²) in [7, 11) is 0. The van der Waals surface area contributed by atoms with E-state index in [1.165, 1.54) is 11.3 Å². The predicted molar refractivity (Wildman–Crippen MR) is 24.5 cm³/mol. The number of aryl methyl sites for hydroxylation is 1. The molecule has 4 heteroatoms. The molecule has 0 bridgehead atoms. The number of rotatable bonds is 0. The van der Waals surface area contributed by atoms with Gasteiger partial charge in [0, 0.05) is 39.0 Å². The van der Waals surface area contributed by atoms with Gasteiger partial charge in [0.15, 0.2) is 0 Å². The van der Waals surface area contributed by atoms with Crippen molar-refractivity contribution in [2.24, 2.45) is 0 Å².